The van der Waals surface area contributed by atoms with Crippen LogP contribution in [-0.4, -0.2) is 45.2 Å². The minimum atomic E-state index is -4.65. The quantitative estimate of drug-likeness (QED) is 0.101. The average molecular weight is 1010 g/mol. The molecule has 0 unspecified atom stereocenters. The Morgan fingerprint density at radius 1 is 0.521 bits per heavy atom. The van der Waals surface area contributed by atoms with E-state index in [-0.39, 0.29) is 57.3 Å². The molecule has 1 amide bonds. The Kier molecular flexibility index (Phi) is 15.2. The maximum absolute atomic E-state index is 14.4. The summed E-state index contributed by atoms with van der Waals surface area (Å²) in [5, 5.41) is 15.3. The minimum Gasteiger partial charge on any atom is -0.399 e. The van der Waals surface area contributed by atoms with Gasteiger partial charge in [-0.2, -0.15) is 54.8 Å². The molecular formula is C45H33F14N11O. The molecule has 0 aliphatic carbocycles. The van der Waals surface area contributed by atoms with Gasteiger partial charge in [-0.05, 0) is 90.5 Å². The highest BCUT2D eigenvalue weighted by atomic mass is 19.4. The summed E-state index contributed by atoms with van der Waals surface area (Å²) in [7, 11) is 3.89. The second-order valence-electron chi connectivity index (χ2n) is 14.9. The number of carbonyl (C=O) groups is 1. The molecular weight excluding hydrogens is 977 g/mol. The van der Waals surface area contributed by atoms with Gasteiger partial charge < -0.3 is 16.4 Å². The van der Waals surface area contributed by atoms with Crippen LogP contribution in [0, 0.1) is 29.1 Å². The molecule has 0 spiro atoms. The van der Waals surface area contributed by atoms with Crippen molar-refractivity contribution in [3.05, 3.63) is 167 Å². The Morgan fingerprint density at radius 3 is 1.34 bits per heavy atom. The molecule has 0 saturated heterocycles. The van der Waals surface area contributed by atoms with Gasteiger partial charge >= 0.3 is 18.5 Å². The van der Waals surface area contributed by atoms with E-state index in [4.69, 9.17) is 5.73 Å². The molecule has 0 aliphatic heterocycles. The topological polar surface area (TPSA) is 146 Å². The average Bonchev–Trinajstić information content (AvgIpc) is 4.00. The lowest BCUT2D eigenvalue weighted by atomic mass is 10.1. The van der Waals surface area contributed by atoms with Gasteiger partial charge in [-0.15, -0.1) is 0 Å². The number of nitrogen functional groups attached to an aromatic ring is 1. The lowest BCUT2D eigenvalue weighted by Crippen LogP contribution is -2.12. The van der Waals surface area contributed by atoms with Crippen LogP contribution >= 0.6 is 0 Å². The number of nitrogens with zero attached hydrogens (tertiary/aromatic N) is 8. The fraction of sp³-hybridized carbons (Fsp3) is 0.156. The maximum atomic E-state index is 14.4. The normalized spacial score (nSPS) is 11.6. The number of aromatic nitrogens is 8. The second-order valence-corrected chi connectivity index (χ2v) is 14.9. The highest BCUT2D eigenvalue weighted by molar-refractivity contribution is 6.04. The number of rotatable bonds is 8. The molecule has 0 atom stereocenters. The molecule has 0 saturated carbocycles. The van der Waals surface area contributed by atoms with Crippen molar-refractivity contribution in [2.45, 2.75) is 25.1 Å². The van der Waals surface area contributed by atoms with Crippen molar-refractivity contribution in [3.8, 4) is 33.8 Å². The van der Waals surface area contributed by atoms with Crippen LogP contribution in [0.5, 0.6) is 0 Å². The first-order chi connectivity index (χ1) is 33.2. The number of carbonyl (C=O) groups excluding carboxylic acids is 1. The van der Waals surface area contributed by atoms with Crippen molar-refractivity contribution in [1.82, 2.24) is 39.3 Å². The van der Waals surface area contributed by atoms with Crippen LogP contribution in [0.4, 0.5) is 78.5 Å². The number of hydrogen-bond acceptors (Lipinski definition) is 8. The van der Waals surface area contributed by atoms with Crippen LogP contribution in [0.2, 0.25) is 0 Å². The summed E-state index contributed by atoms with van der Waals surface area (Å²) in [5.74, 6) is -4.16. The van der Waals surface area contributed by atoms with Crippen molar-refractivity contribution in [2.24, 2.45) is 21.1 Å². The van der Waals surface area contributed by atoms with Gasteiger partial charge in [0.2, 0.25) is 0 Å². The number of aryl methyl sites for hydroxylation is 3. The molecule has 26 heteroatoms. The van der Waals surface area contributed by atoms with Gasteiger partial charge in [-0.1, -0.05) is 0 Å². The molecule has 5 aromatic heterocycles. The molecule has 12 nitrogen and oxygen atoms in total. The van der Waals surface area contributed by atoms with Crippen molar-refractivity contribution in [1.29, 1.82) is 0 Å². The number of nitrogens with two attached hydrogens (primary N) is 1. The van der Waals surface area contributed by atoms with Gasteiger partial charge in [0.15, 0.2) is 17.1 Å². The van der Waals surface area contributed by atoms with E-state index in [1.54, 1.807) is 0 Å². The zero-order valence-electron chi connectivity index (χ0n) is 36.5. The summed E-state index contributed by atoms with van der Waals surface area (Å²) in [4.78, 5) is 19.3. The summed E-state index contributed by atoms with van der Waals surface area (Å²) >= 11 is 0. The largest absolute Gasteiger partial charge is 0.435 e. The van der Waals surface area contributed by atoms with Crippen molar-refractivity contribution >= 4 is 23.0 Å². The van der Waals surface area contributed by atoms with Crippen LogP contribution in [0.3, 0.4) is 0 Å². The number of anilines is 3. The van der Waals surface area contributed by atoms with Crippen LogP contribution in [0.25, 0.3) is 33.8 Å². The lowest BCUT2D eigenvalue weighted by molar-refractivity contribution is -0.142. The maximum Gasteiger partial charge on any atom is 0.435 e. The molecule has 0 fully saturated rings. The summed E-state index contributed by atoms with van der Waals surface area (Å²) < 4.78 is 185. The van der Waals surface area contributed by atoms with Gasteiger partial charge in [0.05, 0.1) is 35.0 Å². The number of halogens is 14. The third-order valence-corrected chi connectivity index (χ3v) is 9.75. The van der Waals surface area contributed by atoms with Gasteiger partial charge in [-0.3, -0.25) is 28.8 Å². The second kappa shape index (κ2) is 20.7. The van der Waals surface area contributed by atoms with Gasteiger partial charge in [0.1, 0.15) is 29.1 Å². The Labute approximate surface area is 391 Å². The summed E-state index contributed by atoms with van der Waals surface area (Å²) in [6.45, 7) is 0.216. The van der Waals surface area contributed by atoms with E-state index in [0.717, 1.165) is 75.1 Å². The van der Waals surface area contributed by atoms with Gasteiger partial charge in [0, 0.05) is 73.8 Å². The fourth-order valence-electron chi connectivity index (χ4n) is 6.44. The number of amides is 1. The molecule has 8 aromatic rings. The minimum absolute atomic E-state index is 0.00604. The first kappa shape index (κ1) is 52.1. The summed E-state index contributed by atoms with van der Waals surface area (Å²) in [6.07, 6.45) is -9.21. The van der Waals surface area contributed by atoms with Gasteiger partial charge in [-0.25, -0.2) is 22.0 Å². The van der Waals surface area contributed by atoms with E-state index < -0.39 is 70.6 Å². The van der Waals surface area contributed by atoms with E-state index in [1.165, 1.54) is 69.8 Å². The predicted octanol–water partition coefficient (Wildman–Crippen LogP) is 11.2. The first-order valence-corrected chi connectivity index (χ1v) is 19.9. The summed E-state index contributed by atoms with van der Waals surface area (Å²) in [6, 6.07) is 15.9. The highest BCUT2D eigenvalue weighted by Gasteiger charge is 2.37. The first-order valence-electron chi connectivity index (χ1n) is 19.9. The molecule has 0 bridgehead atoms. The molecule has 5 heterocycles. The van der Waals surface area contributed by atoms with E-state index in [2.05, 4.69) is 35.9 Å². The van der Waals surface area contributed by atoms with E-state index in [0.29, 0.717) is 11.3 Å². The fourth-order valence-corrected chi connectivity index (χ4v) is 6.44. The monoisotopic (exact) mass is 1010 g/mol. The molecule has 372 valence electrons. The molecule has 8 rings (SSSR count). The number of alkyl halides is 9. The number of nitrogens with one attached hydrogen (secondary N) is 2. The number of benzene rings is 3. The van der Waals surface area contributed by atoms with E-state index in [9.17, 15) is 66.3 Å². The van der Waals surface area contributed by atoms with Crippen LogP contribution in [0.15, 0.2) is 110 Å². The molecule has 4 N–H and O–H groups in total. The lowest BCUT2D eigenvalue weighted by Gasteiger charge is -2.09. The van der Waals surface area contributed by atoms with Crippen molar-refractivity contribution < 1.29 is 66.3 Å². The van der Waals surface area contributed by atoms with Crippen LogP contribution < -0.4 is 16.4 Å². The van der Waals surface area contributed by atoms with Crippen LogP contribution in [0.1, 0.15) is 33.0 Å². The zero-order chi connectivity index (χ0) is 52.2. The Bertz CT molecular complexity index is 3190. The number of pyridine rings is 2. The third kappa shape index (κ3) is 13.1. The molecule has 0 aliphatic rings. The highest BCUT2D eigenvalue weighted by Crippen LogP contribution is 2.36. The summed E-state index contributed by atoms with van der Waals surface area (Å²) in [5.41, 5.74) is 3.10. The molecule has 71 heavy (non-hydrogen) atoms. The van der Waals surface area contributed by atoms with Crippen molar-refractivity contribution in [2.75, 3.05) is 16.4 Å². The molecule has 3 aromatic carbocycles. The van der Waals surface area contributed by atoms with Crippen molar-refractivity contribution in [3.63, 3.8) is 0 Å². The zero-order valence-corrected chi connectivity index (χ0v) is 36.5. The third-order valence-electron chi connectivity index (χ3n) is 9.75. The number of hydrogen-bond donors (Lipinski definition) is 3. The van der Waals surface area contributed by atoms with E-state index >= 15 is 0 Å². The van der Waals surface area contributed by atoms with E-state index in [1.807, 2.05) is 0 Å². The Balaban J connectivity index is 0.000000178. The van der Waals surface area contributed by atoms with Gasteiger partial charge in [0.25, 0.3) is 5.91 Å². The SMILES string of the molecule is Cn1nc(C(F)(F)F)cc1-c1ccc(N)cc1F.Cn1nc(C(F)(F)F)cc1-c1ccc(NC(=O)c2cncc(F)c2)cc1F.Cn1nc(C(F)(F)F)cc1-c1ccc(NCc2cncc(F)c2)cc1F. The Morgan fingerprint density at radius 2 is 0.930 bits per heavy atom. The van der Waals surface area contributed by atoms with Crippen LogP contribution in [-0.2, 0) is 46.2 Å². The standard InChI is InChI=1S/C17H11F5N4O.C17H13F5N4.C11H9F4N3/c1-26-14(6-15(25-26)17(20,21)22)12-3-2-11(5-13(12)19)24-16(27)9-4-10(18)8-23-7-9;1-26-15(6-16(25-26)17(20,21)22)13-3-2-12(5-14(13)19)24-8-10-4-11(18)9-23-7-10;1-18-9(5-10(17-18)11(13,14)15)7-3-2-6(16)4-8(7)12/h2-8H,1H3,(H,24,27);2-7,9,24H,8H2,1H3;2-5H,16H2,1H3. The smallest absolute Gasteiger partial charge is 0.399 e. The Hall–Kier alpha value is -8.32. The molecule has 0 radical (unpaired) electrons. The predicted molar refractivity (Wildman–Crippen MR) is 229 cm³/mol.